The number of esters is 2. The number of halogens is 1. The number of carbonyl (C=O) groups excluding carboxylic acids is 3. The molecule has 0 saturated carbocycles. The number of aromatic nitrogens is 3. The van der Waals surface area contributed by atoms with Gasteiger partial charge in [0, 0.05) is 25.2 Å². The third-order valence-corrected chi connectivity index (χ3v) is 6.07. The number of carbonyl (C=O) groups is 3. The number of hydrogen-bond donors (Lipinski definition) is 1. The molecule has 1 N–H and O–H groups in total. The largest absolute Gasteiger partial charge is 0.472 e. The zero-order chi connectivity index (χ0) is 25.7. The van der Waals surface area contributed by atoms with Gasteiger partial charge in [-0.15, -0.1) is 5.10 Å². The molecule has 3 aromatic rings. The van der Waals surface area contributed by atoms with Gasteiger partial charge in [-0.25, -0.2) is 18.7 Å². The van der Waals surface area contributed by atoms with Gasteiger partial charge < -0.3 is 19.2 Å². The Hall–Kier alpha value is -4.06. The summed E-state index contributed by atoms with van der Waals surface area (Å²) in [6.07, 6.45) is 4.01. The third kappa shape index (κ3) is 5.43. The summed E-state index contributed by atoms with van der Waals surface area (Å²) in [6.45, 7) is 1.15. The number of furan rings is 1. The fourth-order valence-electron chi connectivity index (χ4n) is 4.29. The molecule has 1 aliphatic rings. The molecule has 3 heterocycles. The minimum atomic E-state index is -0.815. The molecule has 1 amide bonds. The van der Waals surface area contributed by atoms with Gasteiger partial charge in [0.15, 0.2) is 5.69 Å². The van der Waals surface area contributed by atoms with Crippen molar-refractivity contribution in [1.82, 2.24) is 25.2 Å². The predicted octanol–water partition coefficient (Wildman–Crippen LogP) is 1.76. The van der Waals surface area contributed by atoms with Crippen LogP contribution in [0.25, 0.3) is 0 Å². The summed E-state index contributed by atoms with van der Waals surface area (Å²) in [7, 11) is 2.37. The minimum absolute atomic E-state index is 0.130. The van der Waals surface area contributed by atoms with Crippen molar-refractivity contribution in [2.24, 2.45) is 0 Å². The van der Waals surface area contributed by atoms with Crippen molar-refractivity contribution in [2.45, 2.75) is 31.5 Å². The molecule has 1 saturated heterocycles. The van der Waals surface area contributed by atoms with Gasteiger partial charge in [-0.1, -0.05) is 17.3 Å². The quantitative estimate of drug-likeness (QED) is 0.438. The normalized spacial score (nSPS) is 17.6. The summed E-state index contributed by atoms with van der Waals surface area (Å²) in [5, 5.41) is 10.8. The highest BCUT2D eigenvalue weighted by Gasteiger charge is 2.41. The van der Waals surface area contributed by atoms with Crippen LogP contribution in [0, 0.1) is 5.82 Å². The highest BCUT2D eigenvalue weighted by molar-refractivity contribution is 6.00. The van der Waals surface area contributed by atoms with Crippen molar-refractivity contribution >= 4 is 17.8 Å². The number of likely N-dealkylation sites (tertiary alicyclic amines) is 1. The van der Waals surface area contributed by atoms with E-state index in [1.165, 1.54) is 31.0 Å². The number of benzene rings is 1. The number of ether oxygens (including phenoxy) is 2. The molecule has 0 radical (unpaired) electrons. The van der Waals surface area contributed by atoms with Gasteiger partial charge in [0.05, 0.1) is 38.8 Å². The molecule has 0 aliphatic carbocycles. The van der Waals surface area contributed by atoms with E-state index in [9.17, 15) is 18.8 Å². The van der Waals surface area contributed by atoms with Gasteiger partial charge in [0.1, 0.15) is 5.82 Å². The van der Waals surface area contributed by atoms with Crippen molar-refractivity contribution in [3.63, 3.8) is 0 Å². The van der Waals surface area contributed by atoms with Gasteiger partial charge in [0.2, 0.25) is 11.6 Å². The lowest BCUT2D eigenvalue weighted by atomic mass is 10.1. The summed E-state index contributed by atoms with van der Waals surface area (Å²) in [4.78, 5) is 39.8. The Kier molecular flexibility index (Phi) is 7.74. The van der Waals surface area contributed by atoms with Gasteiger partial charge in [0.25, 0.3) is 0 Å². The van der Waals surface area contributed by atoms with E-state index < -0.39 is 24.0 Å². The predicted molar refractivity (Wildman–Crippen MR) is 122 cm³/mol. The first-order chi connectivity index (χ1) is 17.4. The molecule has 36 heavy (non-hydrogen) atoms. The van der Waals surface area contributed by atoms with Crippen molar-refractivity contribution in [3.05, 3.63) is 71.2 Å². The molecule has 4 rings (SSSR count). The van der Waals surface area contributed by atoms with Crippen LogP contribution in [-0.4, -0.2) is 71.1 Å². The van der Waals surface area contributed by atoms with Gasteiger partial charge in [-0.3, -0.25) is 9.69 Å². The molecular weight excluding hydrogens is 473 g/mol. The SMILES string of the molecule is COC(=O)c1nnn([C@H]2C[C@@H](C(=O)NCCc3ccc(F)cc3)N(Cc3ccoc3)C2)c1C(=O)OC. The van der Waals surface area contributed by atoms with Crippen LogP contribution in [0.5, 0.6) is 0 Å². The minimum Gasteiger partial charge on any atom is -0.472 e. The van der Waals surface area contributed by atoms with Crippen LogP contribution in [0.3, 0.4) is 0 Å². The summed E-state index contributed by atoms with van der Waals surface area (Å²) in [6, 6.07) is 6.93. The molecule has 1 aliphatic heterocycles. The first kappa shape index (κ1) is 25.0. The summed E-state index contributed by atoms with van der Waals surface area (Å²) in [5.41, 5.74) is 1.40. The van der Waals surface area contributed by atoms with Crippen LogP contribution >= 0.6 is 0 Å². The fraction of sp³-hybridized carbons (Fsp3) is 0.375. The molecule has 190 valence electrons. The van der Waals surface area contributed by atoms with E-state index in [1.54, 1.807) is 24.7 Å². The van der Waals surface area contributed by atoms with Crippen LogP contribution in [0.1, 0.15) is 44.6 Å². The summed E-state index contributed by atoms with van der Waals surface area (Å²) in [5.74, 6) is -2.11. The smallest absolute Gasteiger partial charge is 0.361 e. The Labute approximate surface area is 206 Å². The second kappa shape index (κ2) is 11.1. The highest BCUT2D eigenvalue weighted by Crippen LogP contribution is 2.30. The van der Waals surface area contributed by atoms with E-state index in [-0.39, 0.29) is 23.1 Å². The zero-order valence-corrected chi connectivity index (χ0v) is 19.8. The number of hydrogen-bond acceptors (Lipinski definition) is 9. The summed E-state index contributed by atoms with van der Waals surface area (Å²) >= 11 is 0. The lowest BCUT2D eigenvalue weighted by Gasteiger charge is -2.22. The first-order valence-corrected chi connectivity index (χ1v) is 11.3. The molecular formula is C24H26FN5O6. The van der Waals surface area contributed by atoms with E-state index in [0.29, 0.717) is 32.5 Å². The molecule has 1 aromatic carbocycles. The topological polar surface area (TPSA) is 129 Å². The number of nitrogens with zero attached hydrogens (tertiary/aromatic N) is 4. The fourth-order valence-corrected chi connectivity index (χ4v) is 4.29. The molecule has 2 aromatic heterocycles. The van der Waals surface area contributed by atoms with Crippen LogP contribution in [0.4, 0.5) is 4.39 Å². The number of nitrogens with one attached hydrogen (secondary N) is 1. The lowest BCUT2D eigenvalue weighted by Crippen LogP contribution is -2.43. The maximum absolute atomic E-state index is 13.2. The van der Waals surface area contributed by atoms with Crippen molar-refractivity contribution in [3.8, 4) is 0 Å². The molecule has 0 unspecified atom stereocenters. The average molecular weight is 499 g/mol. The number of rotatable bonds is 9. The standard InChI is InChI=1S/C24H26FN5O6/c1-34-23(32)20-21(24(33)35-2)30(28-27-20)18-11-19(29(13-18)12-16-8-10-36-14-16)22(31)26-9-7-15-3-5-17(25)6-4-15/h3-6,8,10,14,18-19H,7,9,11-13H2,1-2H3,(H,26,31)/t18-,19-/m0/s1. The Bertz CT molecular complexity index is 1210. The monoisotopic (exact) mass is 499 g/mol. The molecule has 0 bridgehead atoms. The van der Waals surface area contributed by atoms with E-state index in [2.05, 4.69) is 15.6 Å². The van der Waals surface area contributed by atoms with E-state index in [1.807, 2.05) is 11.0 Å². The van der Waals surface area contributed by atoms with Gasteiger partial charge in [-0.05, 0) is 36.6 Å². The second-order valence-corrected chi connectivity index (χ2v) is 8.35. The number of methoxy groups -OCH3 is 2. The van der Waals surface area contributed by atoms with Crippen LogP contribution < -0.4 is 5.32 Å². The van der Waals surface area contributed by atoms with E-state index in [0.717, 1.165) is 11.1 Å². The molecule has 12 heteroatoms. The molecule has 1 fully saturated rings. The van der Waals surface area contributed by atoms with Gasteiger partial charge >= 0.3 is 11.9 Å². The zero-order valence-electron chi connectivity index (χ0n) is 19.8. The maximum atomic E-state index is 13.2. The van der Waals surface area contributed by atoms with E-state index >= 15 is 0 Å². The molecule has 2 atom stereocenters. The van der Waals surface area contributed by atoms with Crippen LogP contribution in [-0.2, 0) is 27.2 Å². The van der Waals surface area contributed by atoms with Crippen LogP contribution in [0.15, 0.2) is 47.3 Å². The Morgan fingerprint density at radius 3 is 2.53 bits per heavy atom. The first-order valence-electron chi connectivity index (χ1n) is 11.3. The van der Waals surface area contributed by atoms with Crippen LogP contribution in [0.2, 0.25) is 0 Å². The van der Waals surface area contributed by atoms with Crippen molar-refractivity contribution in [2.75, 3.05) is 27.3 Å². The summed E-state index contributed by atoms with van der Waals surface area (Å²) < 4.78 is 29.2. The average Bonchev–Trinajstić information content (AvgIpc) is 3.64. The maximum Gasteiger partial charge on any atom is 0.361 e. The van der Waals surface area contributed by atoms with E-state index in [4.69, 9.17) is 13.9 Å². The Morgan fingerprint density at radius 1 is 1.11 bits per heavy atom. The highest BCUT2D eigenvalue weighted by atomic mass is 19.1. The second-order valence-electron chi connectivity index (χ2n) is 8.35. The third-order valence-electron chi connectivity index (χ3n) is 6.07. The molecule has 0 spiro atoms. The Balaban J connectivity index is 1.52. The lowest BCUT2D eigenvalue weighted by molar-refractivity contribution is -0.125. The molecule has 11 nitrogen and oxygen atoms in total. The van der Waals surface area contributed by atoms with Crippen molar-refractivity contribution in [1.29, 1.82) is 0 Å². The van der Waals surface area contributed by atoms with Crippen molar-refractivity contribution < 1.29 is 32.7 Å². The van der Waals surface area contributed by atoms with Gasteiger partial charge in [-0.2, -0.15) is 0 Å². The Morgan fingerprint density at radius 2 is 1.86 bits per heavy atom. The number of amides is 1.